The summed E-state index contributed by atoms with van der Waals surface area (Å²) in [6.07, 6.45) is 3.33. The first-order valence-electron chi connectivity index (χ1n) is 11.4. The van der Waals surface area contributed by atoms with Crippen LogP contribution in [0.5, 0.6) is 0 Å². The van der Waals surface area contributed by atoms with Crippen LogP contribution in [0.15, 0.2) is 48.8 Å². The fourth-order valence-electron chi connectivity index (χ4n) is 4.36. The van der Waals surface area contributed by atoms with Gasteiger partial charge < -0.3 is 20.0 Å². The van der Waals surface area contributed by atoms with E-state index in [2.05, 4.69) is 32.1 Å². The maximum atomic E-state index is 14.1. The van der Waals surface area contributed by atoms with Gasteiger partial charge in [0.15, 0.2) is 0 Å². The number of rotatable bonds is 4. The molecule has 0 bridgehead atoms. The van der Waals surface area contributed by atoms with Crippen molar-refractivity contribution < 1.29 is 13.6 Å². The number of nitrogens with one attached hydrogen (secondary N) is 1. The van der Waals surface area contributed by atoms with E-state index in [4.69, 9.17) is 0 Å². The minimum Gasteiger partial charge on any atom is -0.367 e. The number of amides is 1. The first-order valence-corrected chi connectivity index (χ1v) is 11.4. The molecule has 176 valence electrons. The van der Waals surface area contributed by atoms with Crippen LogP contribution in [0.1, 0.15) is 5.56 Å². The van der Waals surface area contributed by atoms with E-state index in [1.807, 2.05) is 18.2 Å². The molecule has 1 fully saturated rings. The zero-order valence-corrected chi connectivity index (χ0v) is 19.0. The molecule has 1 aromatic carbocycles. The van der Waals surface area contributed by atoms with Gasteiger partial charge in [-0.3, -0.25) is 4.79 Å². The summed E-state index contributed by atoms with van der Waals surface area (Å²) in [5.41, 5.74) is 2.48. The normalized spacial score (nSPS) is 16.2. The molecule has 9 heteroatoms. The number of fused-ring (bicyclic) bond motifs is 1. The third-order valence-electron chi connectivity index (χ3n) is 6.34. The number of piperazine rings is 1. The number of hydrogen-bond acceptors (Lipinski definition) is 6. The van der Waals surface area contributed by atoms with Gasteiger partial charge >= 0.3 is 0 Å². The van der Waals surface area contributed by atoms with Gasteiger partial charge in [-0.25, -0.2) is 18.7 Å². The molecular formula is C25H26F2N6O. The molecule has 1 saturated heterocycles. The number of nitrogens with zero attached hydrogens (tertiary/aromatic N) is 5. The second-order valence-electron chi connectivity index (χ2n) is 8.67. The zero-order valence-electron chi connectivity index (χ0n) is 19.0. The Labute approximate surface area is 197 Å². The quantitative estimate of drug-likeness (QED) is 0.640. The number of pyridine rings is 2. The Hall–Kier alpha value is -3.59. The topological polar surface area (TPSA) is 64.6 Å². The van der Waals surface area contributed by atoms with Crippen LogP contribution < -0.4 is 15.1 Å². The third kappa shape index (κ3) is 4.56. The van der Waals surface area contributed by atoms with E-state index in [-0.39, 0.29) is 17.9 Å². The fourth-order valence-corrected chi connectivity index (χ4v) is 4.36. The molecular weight excluding hydrogens is 438 g/mol. The molecule has 5 rings (SSSR count). The summed E-state index contributed by atoms with van der Waals surface area (Å²) in [6.45, 7) is 4.74. The lowest BCUT2D eigenvalue weighted by atomic mass is 10.1. The molecule has 2 aromatic heterocycles. The van der Waals surface area contributed by atoms with Gasteiger partial charge in [0.1, 0.15) is 23.3 Å². The lowest BCUT2D eigenvalue weighted by Gasteiger charge is -2.33. The Morgan fingerprint density at radius 2 is 1.82 bits per heavy atom. The molecule has 3 aromatic rings. The molecule has 2 aliphatic heterocycles. The van der Waals surface area contributed by atoms with E-state index in [1.54, 1.807) is 17.3 Å². The minimum absolute atomic E-state index is 0.0418. The molecule has 0 spiro atoms. The maximum Gasteiger partial charge on any atom is 0.231 e. The smallest absolute Gasteiger partial charge is 0.231 e. The average molecular weight is 465 g/mol. The van der Waals surface area contributed by atoms with Crippen LogP contribution in [0.3, 0.4) is 0 Å². The van der Waals surface area contributed by atoms with E-state index in [0.717, 1.165) is 61.3 Å². The number of likely N-dealkylation sites (N-methyl/N-ethyl adjacent to an activating group) is 1. The Bertz CT molecular complexity index is 1210. The largest absolute Gasteiger partial charge is 0.367 e. The van der Waals surface area contributed by atoms with Crippen LogP contribution in [0.4, 0.5) is 26.1 Å². The maximum absolute atomic E-state index is 14.1. The fraction of sp³-hybridized carbons (Fsp3) is 0.320. The lowest BCUT2D eigenvalue weighted by Crippen LogP contribution is -2.44. The van der Waals surface area contributed by atoms with Crippen LogP contribution in [0, 0.1) is 11.6 Å². The SMILES string of the molecule is CN1CCN(c2cc(-c3cnc4c(c3)N(C(=O)Cc3cc(F)ccc3F)CCN4)ccn2)CC1. The predicted molar refractivity (Wildman–Crippen MR) is 128 cm³/mol. The van der Waals surface area contributed by atoms with Gasteiger partial charge in [0.2, 0.25) is 5.91 Å². The molecule has 7 nitrogen and oxygen atoms in total. The molecule has 4 heterocycles. The number of anilines is 3. The van der Waals surface area contributed by atoms with Gasteiger partial charge in [-0.05, 0) is 49.0 Å². The molecule has 34 heavy (non-hydrogen) atoms. The summed E-state index contributed by atoms with van der Waals surface area (Å²) >= 11 is 0. The highest BCUT2D eigenvalue weighted by Gasteiger charge is 2.25. The number of benzene rings is 1. The summed E-state index contributed by atoms with van der Waals surface area (Å²) in [5.74, 6) is 0.0410. The van der Waals surface area contributed by atoms with Gasteiger partial charge in [-0.2, -0.15) is 0 Å². The number of halogens is 2. The van der Waals surface area contributed by atoms with Crippen LogP contribution in [0.25, 0.3) is 11.1 Å². The standard InChI is InChI=1S/C25H26F2N6O/c1-31-8-10-32(11-9-31)23-14-17(4-5-28-23)19-13-22-25(30-16-19)29-6-7-33(22)24(34)15-18-12-20(26)2-3-21(18)27/h2-5,12-14,16H,6-11,15H2,1H3,(H,29,30). The highest BCUT2D eigenvalue weighted by atomic mass is 19.1. The van der Waals surface area contributed by atoms with E-state index < -0.39 is 11.6 Å². The van der Waals surface area contributed by atoms with Crippen LogP contribution in [-0.2, 0) is 11.2 Å². The first kappa shape index (κ1) is 22.2. The highest BCUT2D eigenvalue weighted by molar-refractivity contribution is 5.99. The van der Waals surface area contributed by atoms with Crippen molar-refractivity contribution in [3.05, 3.63) is 66.0 Å². The third-order valence-corrected chi connectivity index (χ3v) is 6.34. The van der Waals surface area contributed by atoms with Crippen molar-refractivity contribution in [2.75, 3.05) is 61.4 Å². The van der Waals surface area contributed by atoms with E-state index in [0.29, 0.717) is 24.6 Å². The second kappa shape index (κ2) is 9.34. The van der Waals surface area contributed by atoms with Gasteiger partial charge in [0.05, 0.1) is 12.1 Å². The van der Waals surface area contributed by atoms with Crippen molar-refractivity contribution in [2.24, 2.45) is 0 Å². The highest BCUT2D eigenvalue weighted by Crippen LogP contribution is 2.33. The van der Waals surface area contributed by atoms with E-state index in [1.165, 1.54) is 0 Å². The van der Waals surface area contributed by atoms with Gasteiger partial charge in [0.25, 0.3) is 0 Å². The van der Waals surface area contributed by atoms with Gasteiger partial charge in [-0.1, -0.05) is 0 Å². The minimum atomic E-state index is -0.592. The zero-order chi connectivity index (χ0) is 23.7. The lowest BCUT2D eigenvalue weighted by molar-refractivity contribution is -0.118. The average Bonchev–Trinajstić information content (AvgIpc) is 2.86. The van der Waals surface area contributed by atoms with Crippen molar-refractivity contribution in [1.29, 1.82) is 0 Å². The second-order valence-corrected chi connectivity index (χ2v) is 8.67. The number of carbonyl (C=O) groups excluding carboxylic acids is 1. The van der Waals surface area contributed by atoms with Crippen LogP contribution in [0.2, 0.25) is 0 Å². The molecule has 1 N–H and O–H groups in total. The van der Waals surface area contributed by atoms with Crippen LogP contribution >= 0.6 is 0 Å². The van der Waals surface area contributed by atoms with E-state index in [9.17, 15) is 13.6 Å². The van der Waals surface area contributed by atoms with E-state index >= 15 is 0 Å². The number of hydrogen-bond donors (Lipinski definition) is 1. The summed E-state index contributed by atoms with van der Waals surface area (Å²) in [7, 11) is 2.11. The first-order chi connectivity index (χ1) is 16.5. The molecule has 0 radical (unpaired) electrons. The van der Waals surface area contributed by atoms with Crippen LogP contribution in [-0.4, -0.2) is 67.1 Å². The Balaban J connectivity index is 1.41. The number of carbonyl (C=O) groups is 1. The van der Waals surface area contributed by atoms with Gasteiger partial charge in [-0.15, -0.1) is 0 Å². The monoisotopic (exact) mass is 464 g/mol. The Morgan fingerprint density at radius 1 is 1.00 bits per heavy atom. The summed E-state index contributed by atoms with van der Waals surface area (Å²) < 4.78 is 27.7. The summed E-state index contributed by atoms with van der Waals surface area (Å²) in [6, 6.07) is 9.04. The van der Waals surface area contributed by atoms with Crippen molar-refractivity contribution in [3.8, 4) is 11.1 Å². The van der Waals surface area contributed by atoms with Crippen molar-refractivity contribution >= 4 is 23.2 Å². The van der Waals surface area contributed by atoms with Crippen molar-refractivity contribution in [2.45, 2.75) is 6.42 Å². The number of aromatic nitrogens is 2. The van der Waals surface area contributed by atoms with Crippen molar-refractivity contribution in [3.63, 3.8) is 0 Å². The summed E-state index contributed by atoms with van der Waals surface area (Å²) in [5, 5.41) is 3.21. The summed E-state index contributed by atoms with van der Waals surface area (Å²) in [4.78, 5) is 28.3. The molecule has 1 amide bonds. The Morgan fingerprint density at radius 3 is 2.65 bits per heavy atom. The molecule has 0 unspecified atom stereocenters. The molecule has 0 aliphatic carbocycles. The van der Waals surface area contributed by atoms with Crippen molar-refractivity contribution in [1.82, 2.24) is 14.9 Å². The Kier molecular flexibility index (Phi) is 6.10. The molecule has 0 atom stereocenters. The molecule has 0 saturated carbocycles. The van der Waals surface area contributed by atoms with Gasteiger partial charge in [0, 0.05) is 62.8 Å². The predicted octanol–water partition coefficient (Wildman–Crippen LogP) is 3.17. The molecule has 2 aliphatic rings.